The van der Waals surface area contributed by atoms with Crippen molar-refractivity contribution in [3.63, 3.8) is 0 Å². The van der Waals surface area contributed by atoms with Crippen molar-refractivity contribution in [2.24, 2.45) is 11.7 Å². The third kappa shape index (κ3) is 4.57. The fraction of sp³-hybridized carbons (Fsp3) is 0.579. The van der Waals surface area contributed by atoms with Crippen molar-refractivity contribution in [3.8, 4) is 0 Å². The van der Waals surface area contributed by atoms with Gasteiger partial charge in [-0.15, -0.1) is 0 Å². The Bertz CT molecular complexity index is 539. The van der Waals surface area contributed by atoms with E-state index in [0.717, 1.165) is 24.8 Å². The van der Waals surface area contributed by atoms with Gasteiger partial charge < -0.3 is 16.0 Å². The monoisotopic (exact) mass is 331 g/mol. The molecule has 2 unspecified atom stereocenters. The summed E-state index contributed by atoms with van der Waals surface area (Å²) in [5.74, 6) is -0.0244. The van der Waals surface area contributed by atoms with Crippen LogP contribution < -0.4 is 11.1 Å². The molecule has 2 atom stereocenters. The third-order valence-electron chi connectivity index (χ3n) is 4.86. The van der Waals surface area contributed by atoms with E-state index in [1.807, 2.05) is 42.2 Å². The molecule has 2 rings (SSSR count). The van der Waals surface area contributed by atoms with Crippen LogP contribution >= 0.6 is 0 Å². The first-order valence-electron chi connectivity index (χ1n) is 8.91. The summed E-state index contributed by atoms with van der Waals surface area (Å²) in [5.41, 5.74) is 6.61. The summed E-state index contributed by atoms with van der Waals surface area (Å²) in [4.78, 5) is 26.7. The third-order valence-corrected chi connectivity index (χ3v) is 4.86. The molecule has 0 aliphatic carbocycles. The molecule has 3 N–H and O–H groups in total. The molecule has 0 aromatic heterocycles. The Morgan fingerprint density at radius 3 is 2.42 bits per heavy atom. The average molecular weight is 331 g/mol. The fourth-order valence-electron chi connectivity index (χ4n) is 3.15. The zero-order valence-electron chi connectivity index (χ0n) is 14.7. The quantitative estimate of drug-likeness (QED) is 0.836. The zero-order valence-corrected chi connectivity index (χ0v) is 14.7. The first kappa shape index (κ1) is 18.5. The second-order valence-electron chi connectivity index (χ2n) is 6.62. The molecule has 5 heteroatoms. The van der Waals surface area contributed by atoms with Crippen LogP contribution in [0.3, 0.4) is 0 Å². The van der Waals surface area contributed by atoms with Gasteiger partial charge in [0.2, 0.25) is 11.8 Å². The second kappa shape index (κ2) is 8.83. The maximum atomic E-state index is 12.8. The van der Waals surface area contributed by atoms with Crippen LogP contribution in [-0.2, 0) is 9.59 Å². The SMILES string of the molecule is CCC(C(=O)N1CCC(NC(=O)C(C)CN)CC1)c1ccccc1. The molecule has 0 radical (unpaired) electrons. The van der Waals surface area contributed by atoms with E-state index in [0.29, 0.717) is 19.6 Å². The van der Waals surface area contributed by atoms with Crippen LogP contribution in [0.25, 0.3) is 0 Å². The number of hydrogen-bond donors (Lipinski definition) is 2. The molecule has 1 fully saturated rings. The number of amides is 2. The largest absolute Gasteiger partial charge is 0.353 e. The topological polar surface area (TPSA) is 75.4 Å². The lowest BCUT2D eigenvalue weighted by molar-refractivity contribution is -0.134. The molecule has 1 saturated heterocycles. The van der Waals surface area contributed by atoms with Crippen molar-refractivity contribution in [2.45, 2.75) is 45.1 Å². The number of carbonyl (C=O) groups is 2. The van der Waals surface area contributed by atoms with Gasteiger partial charge in [0.25, 0.3) is 0 Å². The van der Waals surface area contributed by atoms with Crippen LogP contribution in [0.15, 0.2) is 30.3 Å². The number of benzene rings is 1. The van der Waals surface area contributed by atoms with Crippen LogP contribution in [0.2, 0.25) is 0 Å². The number of nitrogens with zero attached hydrogens (tertiary/aromatic N) is 1. The lowest BCUT2D eigenvalue weighted by Gasteiger charge is -2.35. The minimum absolute atomic E-state index is 0.0120. The van der Waals surface area contributed by atoms with Crippen LogP contribution in [0.4, 0.5) is 0 Å². The van der Waals surface area contributed by atoms with Gasteiger partial charge in [-0.1, -0.05) is 44.2 Å². The van der Waals surface area contributed by atoms with E-state index in [2.05, 4.69) is 12.2 Å². The van der Waals surface area contributed by atoms with Gasteiger partial charge in [-0.25, -0.2) is 0 Å². The molecule has 0 spiro atoms. The zero-order chi connectivity index (χ0) is 17.5. The van der Waals surface area contributed by atoms with E-state index >= 15 is 0 Å². The Hall–Kier alpha value is -1.88. The van der Waals surface area contributed by atoms with Crippen LogP contribution in [-0.4, -0.2) is 42.4 Å². The average Bonchev–Trinajstić information content (AvgIpc) is 2.63. The van der Waals surface area contributed by atoms with Crippen LogP contribution in [0.1, 0.15) is 44.6 Å². The lowest BCUT2D eigenvalue weighted by atomic mass is 9.93. The standard InChI is InChI=1S/C19H29N3O2/c1-3-17(15-7-5-4-6-8-15)19(24)22-11-9-16(10-12-22)21-18(23)14(2)13-20/h4-8,14,16-17H,3,9-13,20H2,1-2H3,(H,21,23). The number of likely N-dealkylation sites (tertiary alicyclic amines) is 1. The number of carbonyl (C=O) groups excluding carboxylic acids is 2. The maximum absolute atomic E-state index is 12.8. The normalized spacial score (nSPS) is 18.0. The van der Waals surface area contributed by atoms with Crippen molar-refractivity contribution in [2.75, 3.05) is 19.6 Å². The van der Waals surface area contributed by atoms with Gasteiger partial charge >= 0.3 is 0 Å². The summed E-state index contributed by atoms with van der Waals surface area (Å²) < 4.78 is 0. The molecule has 1 aliphatic rings. The number of rotatable bonds is 6. The Morgan fingerprint density at radius 2 is 1.88 bits per heavy atom. The summed E-state index contributed by atoms with van der Waals surface area (Å²) >= 11 is 0. The minimum Gasteiger partial charge on any atom is -0.353 e. The Morgan fingerprint density at radius 1 is 1.25 bits per heavy atom. The summed E-state index contributed by atoms with van der Waals surface area (Å²) in [5, 5.41) is 3.05. The summed E-state index contributed by atoms with van der Waals surface area (Å²) in [6.07, 6.45) is 2.41. The highest BCUT2D eigenvalue weighted by Crippen LogP contribution is 2.24. The fourth-order valence-corrected chi connectivity index (χ4v) is 3.15. The predicted octanol–water partition coefficient (Wildman–Crippen LogP) is 1.88. The highest BCUT2D eigenvalue weighted by molar-refractivity contribution is 5.84. The molecular formula is C19H29N3O2. The first-order chi connectivity index (χ1) is 11.6. The Balaban J connectivity index is 1.89. The summed E-state index contributed by atoms with van der Waals surface area (Å²) in [7, 11) is 0. The van der Waals surface area contributed by atoms with Crippen molar-refractivity contribution in [1.82, 2.24) is 10.2 Å². The van der Waals surface area contributed by atoms with Crippen LogP contribution in [0.5, 0.6) is 0 Å². The van der Waals surface area contributed by atoms with Gasteiger partial charge in [-0.2, -0.15) is 0 Å². The summed E-state index contributed by atoms with van der Waals surface area (Å²) in [6.45, 7) is 5.64. The molecule has 24 heavy (non-hydrogen) atoms. The molecule has 1 aromatic rings. The highest BCUT2D eigenvalue weighted by Gasteiger charge is 2.29. The van der Waals surface area contributed by atoms with E-state index in [1.54, 1.807) is 0 Å². The van der Waals surface area contributed by atoms with Crippen molar-refractivity contribution in [1.29, 1.82) is 0 Å². The lowest BCUT2D eigenvalue weighted by Crippen LogP contribution is -2.49. The molecule has 132 valence electrons. The number of nitrogens with one attached hydrogen (secondary N) is 1. The van der Waals surface area contributed by atoms with Gasteiger partial charge in [0, 0.05) is 31.6 Å². The van der Waals surface area contributed by atoms with Gasteiger partial charge in [0.1, 0.15) is 0 Å². The Kier molecular flexibility index (Phi) is 6.79. The molecular weight excluding hydrogens is 302 g/mol. The highest BCUT2D eigenvalue weighted by atomic mass is 16.2. The van der Waals surface area contributed by atoms with Crippen molar-refractivity contribution in [3.05, 3.63) is 35.9 Å². The van der Waals surface area contributed by atoms with E-state index in [9.17, 15) is 9.59 Å². The van der Waals surface area contributed by atoms with Crippen molar-refractivity contribution >= 4 is 11.8 Å². The van der Waals surface area contributed by atoms with Crippen LogP contribution in [0, 0.1) is 5.92 Å². The minimum atomic E-state index is -0.160. The van der Waals surface area contributed by atoms with E-state index in [-0.39, 0.29) is 29.7 Å². The van der Waals surface area contributed by atoms with E-state index in [4.69, 9.17) is 5.73 Å². The predicted molar refractivity (Wildman–Crippen MR) is 95.4 cm³/mol. The number of nitrogens with two attached hydrogens (primary N) is 1. The number of hydrogen-bond acceptors (Lipinski definition) is 3. The molecule has 2 amide bonds. The number of piperidine rings is 1. The summed E-state index contributed by atoms with van der Waals surface area (Å²) in [6, 6.07) is 10.1. The molecule has 5 nitrogen and oxygen atoms in total. The van der Waals surface area contributed by atoms with Gasteiger partial charge in [-0.3, -0.25) is 9.59 Å². The molecule has 0 bridgehead atoms. The molecule has 0 saturated carbocycles. The Labute approximate surface area is 144 Å². The van der Waals surface area contributed by atoms with E-state index in [1.165, 1.54) is 0 Å². The molecule has 1 aliphatic heterocycles. The smallest absolute Gasteiger partial charge is 0.230 e. The first-order valence-corrected chi connectivity index (χ1v) is 8.91. The second-order valence-corrected chi connectivity index (χ2v) is 6.62. The maximum Gasteiger partial charge on any atom is 0.230 e. The molecule has 1 aromatic carbocycles. The molecule has 1 heterocycles. The van der Waals surface area contributed by atoms with Gasteiger partial charge in [0.05, 0.1) is 5.92 Å². The van der Waals surface area contributed by atoms with Gasteiger partial charge in [-0.05, 0) is 24.8 Å². The van der Waals surface area contributed by atoms with Gasteiger partial charge in [0.15, 0.2) is 0 Å². The van der Waals surface area contributed by atoms with Crippen molar-refractivity contribution < 1.29 is 9.59 Å². The van der Waals surface area contributed by atoms with E-state index < -0.39 is 0 Å².